The molecule has 2 atom stereocenters. The first-order chi connectivity index (χ1) is 24.0. The summed E-state index contributed by atoms with van der Waals surface area (Å²) in [4.78, 5) is 33.7. The number of para-hydroxylation sites is 2. The molecular formula is C41H43N3O5. The van der Waals surface area contributed by atoms with Crippen LogP contribution < -0.4 is 5.32 Å². The van der Waals surface area contributed by atoms with Crippen LogP contribution in [-0.4, -0.2) is 46.3 Å². The van der Waals surface area contributed by atoms with Gasteiger partial charge >= 0.3 is 12.1 Å². The highest BCUT2D eigenvalue weighted by molar-refractivity contribution is 5.91. The summed E-state index contributed by atoms with van der Waals surface area (Å²) in [7, 11) is 0. The molecule has 1 aromatic heterocycles. The number of amides is 3. The fourth-order valence-electron chi connectivity index (χ4n) is 7.44. The lowest BCUT2D eigenvalue weighted by Gasteiger charge is -2.29. The number of fused-ring (bicyclic) bond motifs is 4. The molecule has 8 nitrogen and oxygen atoms in total. The third-order valence-corrected chi connectivity index (χ3v) is 10.1. The Bertz CT molecular complexity index is 1800. The van der Waals surface area contributed by atoms with Crippen LogP contribution in [-0.2, 0) is 11.2 Å². The molecule has 5 aromatic rings. The Morgan fingerprint density at radius 1 is 0.857 bits per heavy atom. The molecule has 1 heterocycles. The lowest BCUT2D eigenvalue weighted by Crippen LogP contribution is -2.50. The molecular weight excluding hydrogens is 614 g/mol. The van der Waals surface area contributed by atoms with E-state index in [9.17, 15) is 14.7 Å². The third kappa shape index (κ3) is 7.39. The SMILES string of the molecule is O=C(N[C@@H](CCc1ccccc1)C(O)c1nc2ccccc2o1)N(CCC1CCCCC1)C(=O)OCC1c2ccccc2-c2ccccc21. The highest BCUT2D eigenvalue weighted by atomic mass is 16.6. The molecule has 0 radical (unpaired) electrons. The monoisotopic (exact) mass is 657 g/mol. The zero-order valence-corrected chi connectivity index (χ0v) is 27.7. The number of urea groups is 1. The Hall–Kier alpha value is -4.95. The molecule has 0 saturated heterocycles. The van der Waals surface area contributed by atoms with Crippen molar-refractivity contribution in [1.29, 1.82) is 0 Å². The molecule has 2 N–H and O–H groups in total. The summed E-state index contributed by atoms with van der Waals surface area (Å²) in [5, 5.41) is 14.6. The van der Waals surface area contributed by atoms with Gasteiger partial charge in [0.2, 0.25) is 5.89 Å². The standard InChI is InChI=1S/C41H43N3O5/c45-38(39-42-35-21-11-12-22-37(35)49-39)36(24-23-28-13-3-1-4-14-28)43-40(46)44(26-25-29-15-5-2-6-16-29)41(47)48-27-34-32-19-9-7-17-30(32)31-18-8-10-20-33(31)34/h1,3-4,7-14,17-22,29,34,36,38,45H,2,5-6,15-16,23-27H2,(H,43,46)/t36-,38?/m0/s1. The van der Waals surface area contributed by atoms with E-state index in [2.05, 4.69) is 34.6 Å². The molecule has 1 saturated carbocycles. The Kier molecular flexibility index (Phi) is 10.0. The minimum atomic E-state index is -1.23. The summed E-state index contributed by atoms with van der Waals surface area (Å²) in [6.45, 7) is 0.348. The van der Waals surface area contributed by atoms with Crippen LogP contribution in [0.5, 0.6) is 0 Å². The lowest BCUT2D eigenvalue weighted by molar-refractivity contribution is 0.0861. The maximum atomic E-state index is 14.1. The second-order valence-electron chi connectivity index (χ2n) is 13.3. The van der Waals surface area contributed by atoms with Gasteiger partial charge in [-0.1, -0.05) is 123 Å². The third-order valence-electron chi connectivity index (χ3n) is 10.1. The van der Waals surface area contributed by atoms with Crippen LogP contribution >= 0.6 is 0 Å². The van der Waals surface area contributed by atoms with Gasteiger partial charge in [0.15, 0.2) is 11.7 Å². The zero-order chi connectivity index (χ0) is 33.6. The van der Waals surface area contributed by atoms with Crippen molar-refractivity contribution in [3.05, 3.63) is 126 Å². The van der Waals surface area contributed by atoms with Crippen LogP contribution in [0.1, 0.15) is 79.5 Å². The van der Waals surface area contributed by atoms with Gasteiger partial charge in [0, 0.05) is 12.5 Å². The summed E-state index contributed by atoms with van der Waals surface area (Å²) in [5.41, 5.74) is 6.74. The number of oxazole rings is 1. The van der Waals surface area contributed by atoms with E-state index in [-0.39, 0.29) is 25.0 Å². The molecule has 0 bridgehead atoms. The molecule has 7 rings (SSSR count). The van der Waals surface area contributed by atoms with Gasteiger partial charge in [-0.25, -0.2) is 19.5 Å². The fourth-order valence-corrected chi connectivity index (χ4v) is 7.44. The number of nitrogens with zero attached hydrogens (tertiary/aromatic N) is 2. The number of hydrogen-bond donors (Lipinski definition) is 2. The Morgan fingerprint density at radius 2 is 1.51 bits per heavy atom. The molecule has 4 aromatic carbocycles. The number of aliphatic hydroxyl groups excluding tert-OH is 1. The van der Waals surface area contributed by atoms with Crippen molar-refractivity contribution < 1.29 is 23.8 Å². The number of nitrogens with one attached hydrogen (secondary N) is 1. The number of rotatable bonds is 11. The van der Waals surface area contributed by atoms with Crippen LogP contribution in [0.3, 0.4) is 0 Å². The van der Waals surface area contributed by atoms with Gasteiger partial charge in [0.1, 0.15) is 12.1 Å². The first-order valence-electron chi connectivity index (χ1n) is 17.6. The minimum absolute atomic E-state index is 0.114. The molecule has 2 aliphatic carbocycles. The smallest absolute Gasteiger partial charge is 0.418 e. The molecule has 3 amide bonds. The maximum absolute atomic E-state index is 14.1. The van der Waals surface area contributed by atoms with Crippen LogP contribution in [0.2, 0.25) is 0 Å². The van der Waals surface area contributed by atoms with E-state index in [0.29, 0.717) is 36.3 Å². The number of benzene rings is 4. The van der Waals surface area contributed by atoms with Gasteiger partial charge < -0.3 is 19.6 Å². The van der Waals surface area contributed by atoms with Crippen molar-refractivity contribution >= 4 is 23.2 Å². The van der Waals surface area contributed by atoms with Crippen LogP contribution in [0.25, 0.3) is 22.2 Å². The molecule has 49 heavy (non-hydrogen) atoms. The summed E-state index contributed by atoms with van der Waals surface area (Å²) in [5.74, 6) is 0.443. The summed E-state index contributed by atoms with van der Waals surface area (Å²) < 4.78 is 11.9. The summed E-state index contributed by atoms with van der Waals surface area (Å²) >= 11 is 0. The van der Waals surface area contributed by atoms with E-state index >= 15 is 0 Å². The number of carbonyl (C=O) groups is 2. The predicted octanol–water partition coefficient (Wildman–Crippen LogP) is 8.79. The number of carbonyl (C=O) groups excluding carboxylic acids is 2. The maximum Gasteiger partial charge on any atom is 0.418 e. The van der Waals surface area contributed by atoms with Crippen molar-refractivity contribution in [3.8, 4) is 11.1 Å². The van der Waals surface area contributed by atoms with Crippen molar-refractivity contribution in [1.82, 2.24) is 15.2 Å². The summed E-state index contributed by atoms with van der Waals surface area (Å²) in [6.07, 6.45) is 5.53. The van der Waals surface area contributed by atoms with E-state index in [1.807, 2.05) is 72.8 Å². The van der Waals surface area contributed by atoms with Crippen LogP contribution in [0, 0.1) is 5.92 Å². The first-order valence-corrected chi connectivity index (χ1v) is 17.6. The van der Waals surface area contributed by atoms with Gasteiger partial charge in [-0.15, -0.1) is 0 Å². The van der Waals surface area contributed by atoms with Gasteiger partial charge in [-0.05, 0) is 65.1 Å². The number of ether oxygens (including phenoxy) is 1. The molecule has 8 heteroatoms. The Morgan fingerprint density at radius 3 is 2.22 bits per heavy atom. The van der Waals surface area contributed by atoms with Crippen molar-refractivity contribution in [2.45, 2.75) is 69.4 Å². The second kappa shape index (κ2) is 15.1. The number of hydrogen-bond acceptors (Lipinski definition) is 6. The topological polar surface area (TPSA) is 105 Å². The lowest BCUT2D eigenvalue weighted by atomic mass is 9.87. The van der Waals surface area contributed by atoms with Crippen molar-refractivity contribution in [2.24, 2.45) is 5.92 Å². The van der Waals surface area contributed by atoms with Crippen LogP contribution in [0.4, 0.5) is 9.59 Å². The Labute approximate surface area is 287 Å². The molecule has 2 aliphatic rings. The molecule has 1 fully saturated rings. The van der Waals surface area contributed by atoms with Gasteiger partial charge in [0.25, 0.3) is 0 Å². The van der Waals surface area contributed by atoms with E-state index < -0.39 is 24.3 Å². The van der Waals surface area contributed by atoms with E-state index in [1.54, 1.807) is 6.07 Å². The van der Waals surface area contributed by atoms with E-state index in [1.165, 1.54) is 24.2 Å². The highest BCUT2D eigenvalue weighted by Crippen LogP contribution is 2.44. The van der Waals surface area contributed by atoms with Gasteiger partial charge in [-0.3, -0.25) is 0 Å². The average Bonchev–Trinajstić information content (AvgIpc) is 3.73. The number of imide groups is 1. The zero-order valence-electron chi connectivity index (χ0n) is 27.7. The number of aliphatic hydroxyl groups is 1. The van der Waals surface area contributed by atoms with Gasteiger partial charge in [0.05, 0.1) is 6.04 Å². The highest BCUT2D eigenvalue weighted by Gasteiger charge is 2.34. The molecule has 1 unspecified atom stereocenters. The number of aryl methyl sites for hydroxylation is 1. The minimum Gasteiger partial charge on any atom is -0.448 e. The number of aromatic nitrogens is 1. The first kappa shape index (κ1) is 32.6. The Balaban J connectivity index is 1.11. The van der Waals surface area contributed by atoms with Crippen LogP contribution in [0.15, 0.2) is 108 Å². The fraction of sp³-hybridized carbons (Fsp3) is 0.341. The summed E-state index contributed by atoms with van der Waals surface area (Å²) in [6, 6.07) is 32.2. The largest absolute Gasteiger partial charge is 0.448 e. The van der Waals surface area contributed by atoms with Crippen molar-refractivity contribution in [3.63, 3.8) is 0 Å². The molecule has 0 spiro atoms. The van der Waals surface area contributed by atoms with Gasteiger partial charge in [-0.2, -0.15) is 0 Å². The van der Waals surface area contributed by atoms with E-state index in [0.717, 1.165) is 40.7 Å². The predicted molar refractivity (Wildman–Crippen MR) is 189 cm³/mol. The normalized spacial score (nSPS) is 15.7. The average molecular weight is 658 g/mol. The quantitative estimate of drug-likeness (QED) is 0.147. The molecule has 252 valence electrons. The van der Waals surface area contributed by atoms with Crippen molar-refractivity contribution in [2.75, 3.05) is 13.2 Å². The second-order valence-corrected chi connectivity index (χ2v) is 13.3. The molecule has 0 aliphatic heterocycles. The van der Waals surface area contributed by atoms with E-state index in [4.69, 9.17) is 9.15 Å².